The molecule has 0 aliphatic heterocycles. The van der Waals surface area contributed by atoms with Gasteiger partial charge in [-0.05, 0) is 116 Å². The SMILES string of the molecule is NCCCOc1cc(C(=O)Nc2cccc3c(OCC(=O)O)cc(C(=O)O)nc23)nc2c(NC(=O)c3cc(O)c4cccc(NC(=O)c5cc(OCC(CO)CO)c6cccc(NC(=O)NCCCCOc7cccc(CNC(=O)c8ccc(S(N)(=O)=O)cc8)c7)c6n5)c4n3)cccc12. The highest BCUT2D eigenvalue weighted by Gasteiger charge is 2.24. The number of carboxylic acid groups (broad SMARTS) is 2. The number of sulfonamides is 1. The number of aliphatic carboxylic acids is 1. The van der Waals surface area contributed by atoms with Gasteiger partial charge in [-0.25, -0.2) is 47.9 Å². The number of rotatable bonds is 30. The molecule has 6 aromatic carbocycles. The second-order valence-corrected chi connectivity index (χ2v) is 23.6. The van der Waals surface area contributed by atoms with E-state index in [4.69, 9.17) is 29.8 Å². The van der Waals surface area contributed by atoms with Gasteiger partial charge in [0.1, 0.15) is 45.8 Å². The van der Waals surface area contributed by atoms with E-state index >= 15 is 0 Å². The van der Waals surface area contributed by atoms with Crippen molar-refractivity contribution in [2.24, 2.45) is 16.8 Å². The summed E-state index contributed by atoms with van der Waals surface area (Å²) in [6.45, 7) is -0.787. The van der Waals surface area contributed by atoms with E-state index in [1.807, 2.05) is 0 Å². The average Bonchev–Trinajstić information content (AvgIpc) is 0.801. The van der Waals surface area contributed by atoms with Crippen LogP contribution in [0.25, 0.3) is 43.6 Å². The number of aromatic nitrogens is 4. The maximum absolute atomic E-state index is 14.5. The number of nitrogens with one attached hydrogen (secondary N) is 6. The highest BCUT2D eigenvalue weighted by molar-refractivity contribution is 7.89. The van der Waals surface area contributed by atoms with Crippen LogP contribution < -0.4 is 61.7 Å². The minimum absolute atomic E-state index is 0.00688. The van der Waals surface area contributed by atoms with Gasteiger partial charge in [-0.15, -0.1) is 0 Å². The number of carboxylic acids is 2. The number of carbonyl (C=O) groups is 7. The van der Waals surface area contributed by atoms with E-state index in [-0.39, 0.29) is 140 Å². The molecule has 0 saturated carbocycles. The summed E-state index contributed by atoms with van der Waals surface area (Å²) < 4.78 is 46.7. The first kappa shape index (κ1) is 69.7. The Morgan fingerprint density at radius 2 is 0.990 bits per heavy atom. The third kappa shape index (κ3) is 17.3. The molecule has 99 heavy (non-hydrogen) atoms. The van der Waals surface area contributed by atoms with E-state index in [1.54, 1.807) is 54.6 Å². The molecule has 0 unspecified atom stereocenters. The van der Waals surface area contributed by atoms with E-state index in [0.717, 1.165) is 17.7 Å². The normalized spacial score (nSPS) is 11.3. The van der Waals surface area contributed by atoms with E-state index in [9.17, 15) is 67.5 Å². The Morgan fingerprint density at radius 1 is 0.505 bits per heavy atom. The lowest BCUT2D eigenvalue weighted by molar-refractivity contribution is -0.139. The summed E-state index contributed by atoms with van der Waals surface area (Å²) in [5.41, 5.74) is 5.78. The van der Waals surface area contributed by atoms with Crippen molar-refractivity contribution in [3.8, 4) is 28.7 Å². The van der Waals surface area contributed by atoms with Gasteiger partial charge in [0.15, 0.2) is 12.3 Å². The first-order valence-corrected chi connectivity index (χ1v) is 32.0. The lowest BCUT2D eigenvalue weighted by Crippen LogP contribution is -2.30. The number of urea groups is 1. The van der Waals surface area contributed by atoms with Crippen molar-refractivity contribution in [1.82, 2.24) is 30.6 Å². The fourth-order valence-corrected chi connectivity index (χ4v) is 10.6. The molecule has 30 nitrogen and oxygen atoms in total. The van der Waals surface area contributed by atoms with Crippen LogP contribution in [0.1, 0.15) is 77.1 Å². The number of anilines is 4. The predicted octanol–water partition coefficient (Wildman–Crippen LogP) is 6.77. The molecule has 10 aromatic rings. The molecule has 0 aliphatic rings. The van der Waals surface area contributed by atoms with Crippen LogP contribution in [-0.4, -0.2) is 148 Å². The van der Waals surface area contributed by atoms with E-state index < -0.39 is 88.8 Å². The molecule has 10 rings (SSSR count). The fourth-order valence-electron chi connectivity index (χ4n) is 10.0. The highest BCUT2D eigenvalue weighted by atomic mass is 32.2. The molecular weight excluding hydrogens is 1300 g/mol. The predicted molar refractivity (Wildman–Crippen MR) is 362 cm³/mol. The Morgan fingerprint density at radius 3 is 1.53 bits per heavy atom. The number of fused-ring (bicyclic) bond motifs is 4. The minimum Gasteiger partial charge on any atom is -0.507 e. The Labute approximate surface area is 562 Å². The molecule has 0 aliphatic carbocycles. The van der Waals surface area contributed by atoms with Crippen LogP contribution in [0.3, 0.4) is 0 Å². The summed E-state index contributed by atoms with van der Waals surface area (Å²) in [5, 5.41) is 73.1. The number of amides is 6. The molecule has 31 heteroatoms. The number of nitrogens with zero attached hydrogens (tertiary/aromatic N) is 4. The Balaban J connectivity index is 0.837. The number of aromatic carboxylic acids is 1. The number of carbonyl (C=O) groups excluding carboxylic acids is 5. The molecule has 0 bridgehead atoms. The molecule has 4 heterocycles. The summed E-state index contributed by atoms with van der Waals surface area (Å²) in [5.74, 6) is -6.17. The summed E-state index contributed by atoms with van der Waals surface area (Å²) in [6, 6.07) is 35.1. The number of benzene rings is 6. The van der Waals surface area contributed by atoms with Gasteiger partial charge in [-0.2, -0.15) is 0 Å². The number of para-hydroxylation sites is 4. The number of hydrogen-bond acceptors (Lipinski definition) is 21. The largest absolute Gasteiger partial charge is 0.507 e. The molecule has 510 valence electrons. The van der Waals surface area contributed by atoms with E-state index in [0.29, 0.717) is 35.8 Å². The quantitative estimate of drug-likeness (QED) is 0.0206. The van der Waals surface area contributed by atoms with Crippen LogP contribution in [0.2, 0.25) is 0 Å². The molecule has 15 N–H and O–H groups in total. The number of unbranched alkanes of at least 4 members (excludes halogenated alkanes) is 1. The van der Waals surface area contributed by atoms with Gasteiger partial charge in [0.05, 0.1) is 82.7 Å². The molecule has 0 fully saturated rings. The molecule has 4 aromatic heterocycles. The zero-order valence-corrected chi connectivity index (χ0v) is 53.1. The summed E-state index contributed by atoms with van der Waals surface area (Å²) in [7, 11) is -3.91. The van der Waals surface area contributed by atoms with Crippen LogP contribution in [0.5, 0.6) is 28.7 Å². The van der Waals surface area contributed by atoms with Crippen LogP contribution in [0.4, 0.5) is 27.5 Å². The van der Waals surface area contributed by atoms with Gasteiger partial charge < -0.3 is 82.1 Å². The Hall–Kier alpha value is -12.2. The molecular formula is C68H64N12O18S. The smallest absolute Gasteiger partial charge is 0.354 e. The second kappa shape index (κ2) is 31.6. The van der Waals surface area contributed by atoms with Crippen molar-refractivity contribution in [3.05, 3.63) is 179 Å². The van der Waals surface area contributed by atoms with Crippen LogP contribution in [0.15, 0.2) is 150 Å². The summed E-state index contributed by atoms with van der Waals surface area (Å²) in [6.07, 6.45) is 1.45. The molecule has 0 spiro atoms. The number of primary sulfonamides is 1. The number of nitrogens with two attached hydrogens (primary N) is 2. The Bertz CT molecular complexity index is 4890. The first-order valence-electron chi connectivity index (χ1n) is 30.5. The second-order valence-electron chi connectivity index (χ2n) is 22.1. The van der Waals surface area contributed by atoms with Gasteiger partial charge in [0, 0.05) is 70.4 Å². The Kier molecular flexibility index (Phi) is 22.2. The molecule has 6 amide bonds. The standard InChI is InChI=1S/C68H64N12O18S/c69-23-8-26-96-55-29-51(65(88)79-48-17-6-13-45-57(98-36-58(84)85)31-53(67(90)91)76-61(45)48)74-60-43(55)12-5-16-47(60)78-64(87)50-28-54(83)42-11-4-15-46(59(42)73-50)77-66(89)52-30-56(97-35-38(33-81)34-82)44-14-7-18-49(62(44)75-52)80-68(92)71-24-1-2-25-95-40-10-3-9-37(27-40)32-72-63(86)39-19-21-41(22-20-39)99(70,93)94/h3-7,9-22,27-31,38,81-82H,1-2,8,23-26,32-36,69H2,(H,72,86)(H,73,83)(H,77,89)(H,78,87)(H,79,88)(H,84,85)(H,90,91)(H2,70,93,94)(H2,71,80,92). The minimum atomic E-state index is -3.91. The average molecular weight is 1370 g/mol. The molecule has 0 radical (unpaired) electrons. The maximum atomic E-state index is 14.5. The van der Waals surface area contributed by atoms with Crippen molar-refractivity contribution in [3.63, 3.8) is 0 Å². The number of pyridine rings is 4. The summed E-state index contributed by atoms with van der Waals surface area (Å²) >= 11 is 0. The molecule has 0 atom stereocenters. The monoisotopic (exact) mass is 1370 g/mol. The number of aromatic hydroxyl groups is 1. The van der Waals surface area contributed by atoms with E-state index in [1.165, 1.54) is 78.9 Å². The zero-order valence-electron chi connectivity index (χ0n) is 52.3. The lowest BCUT2D eigenvalue weighted by Gasteiger charge is -2.17. The van der Waals surface area contributed by atoms with Crippen LogP contribution in [0, 0.1) is 5.92 Å². The van der Waals surface area contributed by atoms with Gasteiger partial charge >= 0.3 is 18.0 Å². The third-order valence-corrected chi connectivity index (χ3v) is 15.9. The molecule has 0 saturated heterocycles. The van der Waals surface area contributed by atoms with Crippen molar-refractivity contribution < 1.29 is 86.5 Å². The topological polar surface area (TPSA) is 467 Å². The lowest BCUT2D eigenvalue weighted by atomic mass is 10.1. The van der Waals surface area contributed by atoms with Crippen LogP contribution >= 0.6 is 0 Å². The van der Waals surface area contributed by atoms with Crippen LogP contribution in [-0.2, 0) is 21.4 Å². The third-order valence-electron chi connectivity index (χ3n) is 15.0. The van der Waals surface area contributed by atoms with Gasteiger partial charge in [0.25, 0.3) is 23.6 Å². The highest BCUT2D eigenvalue weighted by Crippen LogP contribution is 2.37. The zero-order chi connectivity index (χ0) is 70.3. The van der Waals surface area contributed by atoms with Crippen molar-refractivity contribution in [1.29, 1.82) is 0 Å². The first-order chi connectivity index (χ1) is 47.7. The maximum Gasteiger partial charge on any atom is 0.354 e. The summed E-state index contributed by atoms with van der Waals surface area (Å²) in [4.78, 5) is 111. The van der Waals surface area contributed by atoms with Gasteiger partial charge in [0.2, 0.25) is 10.0 Å². The van der Waals surface area contributed by atoms with Crippen molar-refractivity contribution in [2.45, 2.75) is 30.7 Å². The van der Waals surface area contributed by atoms with Crippen molar-refractivity contribution in [2.75, 3.05) is 74.0 Å². The fraction of sp³-hybridized carbons (Fsp3) is 0.191. The number of ether oxygens (including phenoxy) is 4. The van der Waals surface area contributed by atoms with E-state index in [2.05, 4.69) is 51.8 Å². The van der Waals surface area contributed by atoms with Gasteiger partial charge in [-0.3, -0.25) is 19.2 Å². The number of hydrogen-bond donors (Lipinski definition) is 13. The number of aliphatic hydroxyl groups is 2. The van der Waals surface area contributed by atoms with Crippen molar-refractivity contribution >= 4 is 118 Å². The number of aliphatic hydroxyl groups excluding tert-OH is 2. The van der Waals surface area contributed by atoms with Gasteiger partial charge in [-0.1, -0.05) is 36.4 Å².